The number of nitrogens with zero attached hydrogens (tertiary/aromatic N) is 2. The fraction of sp³-hybridized carbons (Fsp3) is 0.778. The van der Waals surface area contributed by atoms with Crippen LogP contribution in [0.2, 0.25) is 0 Å². The highest BCUT2D eigenvalue weighted by Gasteiger charge is 2.06. The number of nitrogens with one attached hydrogen (secondary N) is 1. The number of rotatable bonds is 7. The molecule has 1 heterocycles. The van der Waals surface area contributed by atoms with Crippen LogP contribution in [0.25, 0.3) is 0 Å². The molecule has 0 saturated carbocycles. The monoisotopic (exact) mass is 247 g/mol. The molecule has 6 heteroatoms. The zero-order valence-electron chi connectivity index (χ0n) is 9.01. The largest absolute Gasteiger partial charge is 0.391 e. The van der Waals surface area contributed by atoms with E-state index in [-0.39, 0.29) is 6.10 Å². The number of aliphatic hydroxyl groups excluding tert-OH is 1. The van der Waals surface area contributed by atoms with E-state index in [0.717, 1.165) is 10.9 Å². The van der Waals surface area contributed by atoms with Gasteiger partial charge in [-0.1, -0.05) is 36.9 Å². The van der Waals surface area contributed by atoms with E-state index in [1.165, 1.54) is 11.3 Å². The molecule has 0 aliphatic carbocycles. The third kappa shape index (κ3) is 6.09. The Morgan fingerprint density at radius 2 is 2.33 bits per heavy atom. The van der Waals surface area contributed by atoms with Gasteiger partial charge in [-0.25, -0.2) is 0 Å². The molecular formula is C9H17N3OS2. The van der Waals surface area contributed by atoms with E-state index in [1.54, 1.807) is 17.3 Å². The summed E-state index contributed by atoms with van der Waals surface area (Å²) in [6, 6.07) is 0. The molecule has 0 radical (unpaired) electrons. The molecule has 0 aliphatic rings. The predicted molar refractivity (Wildman–Crippen MR) is 64.3 cm³/mol. The molecule has 15 heavy (non-hydrogen) atoms. The van der Waals surface area contributed by atoms with Crippen molar-refractivity contribution in [2.24, 2.45) is 5.92 Å². The van der Waals surface area contributed by atoms with Gasteiger partial charge >= 0.3 is 0 Å². The number of thioether (sulfide) groups is 1. The summed E-state index contributed by atoms with van der Waals surface area (Å²) in [4.78, 5) is 0. The first kappa shape index (κ1) is 12.9. The molecule has 0 saturated heterocycles. The van der Waals surface area contributed by atoms with E-state index in [9.17, 15) is 5.11 Å². The maximum atomic E-state index is 9.63. The van der Waals surface area contributed by atoms with Gasteiger partial charge < -0.3 is 10.4 Å². The summed E-state index contributed by atoms with van der Waals surface area (Å²) in [5, 5.41) is 20.5. The molecule has 0 amide bonds. The van der Waals surface area contributed by atoms with Gasteiger partial charge in [0.15, 0.2) is 4.34 Å². The lowest BCUT2D eigenvalue weighted by Gasteiger charge is -2.11. The number of hydrogen-bond acceptors (Lipinski definition) is 6. The normalized spacial score (nSPS) is 13.3. The van der Waals surface area contributed by atoms with Crippen LogP contribution in [0, 0.1) is 5.92 Å². The Morgan fingerprint density at radius 1 is 1.53 bits per heavy atom. The van der Waals surface area contributed by atoms with Crippen LogP contribution < -0.4 is 5.32 Å². The molecule has 0 aromatic carbocycles. The maximum Gasteiger partial charge on any atom is 0.174 e. The summed E-state index contributed by atoms with van der Waals surface area (Å²) in [7, 11) is 0. The summed E-state index contributed by atoms with van der Waals surface area (Å²) < 4.78 is 0.915. The van der Waals surface area contributed by atoms with Crippen molar-refractivity contribution in [1.29, 1.82) is 0 Å². The Balaban J connectivity index is 2.06. The predicted octanol–water partition coefficient (Wildman–Crippen LogP) is 1.24. The minimum Gasteiger partial charge on any atom is -0.391 e. The zero-order chi connectivity index (χ0) is 11.1. The molecule has 1 atom stereocenters. The van der Waals surface area contributed by atoms with E-state index in [0.29, 0.717) is 18.2 Å². The highest BCUT2D eigenvalue weighted by Crippen LogP contribution is 2.19. The van der Waals surface area contributed by atoms with Gasteiger partial charge in [0.05, 0.1) is 6.10 Å². The molecule has 86 valence electrons. The minimum atomic E-state index is -0.322. The Kier molecular flexibility index (Phi) is 6.16. The van der Waals surface area contributed by atoms with E-state index < -0.39 is 0 Å². The molecule has 0 fully saturated rings. The summed E-state index contributed by atoms with van der Waals surface area (Å²) in [6.45, 7) is 5.88. The first-order valence-electron chi connectivity index (χ1n) is 4.96. The topological polar surface area (TPSA) is 58.0 Å². The quantitative estimate of drug-likeness (QED) is 0.710. The van der Waals surface area contributed by atoms with Crippen molar-refractivity contribution in [3.8, 4) is 0 Å². The molecule has 0 bridgehead atoms. The highest BCUT2D eigenvalue weighted by atomic mass is 32.2. The smallest absolute Gasteiger partial charge is 0.174 e. The molecule has 1 aromatic heterocycles. The second-order valence-electron chi connectivity index (χ2n) is 3.72. The number of hydrogen-bond donors (Lipinski definition) is 2. The van der Waals surface area contributed by atoms with Crippen molar-refractivity contribution < 1.29 is 5.11 Å². The maximum absolute atomic E-state index is 9.63. The first-order chi connectivity index (χ1) is 7.18. The molecular weight excluding hydrogens is 230 g/mol. The average Bonchev–Trinajstić information content (AvgIpc) is 2.66. The van der Waals surface area contributed by atoms with E-state index in [1.807, 2.05) is 0 Å². The fourth-order valence-electron chi connectivity index (χ4n) is 0.991. The van der Waals surface area contributed by atoms with E-state index in [2.05, 4.69) is 29.4 Å². The summed E-state index contributed by atoms with van der Waals surface area (Å²) in [5.41, 5.74) is 1.70. The van der Waals surface area contributed by atoms with Crippen molar-refractivity contribution in [2.45, 2.75) is 24.3 Å². The van der Waals surface area contributed by atoms with Gasteiger partial charge in [0.2, 0.25) is 0 Å². The Hall–Kier alpha value is -0.170. The molecule has 2 N–H and O–H groups in total. The fourth-order valence-corrected chi connectivity index (χ4v) is 2.43. The summed E-state index contributed by atoms with van der Waals surface area (Å²) in [5.74, 6) is 1.29. The lowest BCUT2D eigenvalue weighted by atomic mass is 10.2. The van der Waals surface area contributed by atoms with Crippen LogP contribution in [0.1, 0.15) is 13.8 Å². The second-order valence-corrected chi connectivity index (χ2v) is 5.82. The summed E-state index contributed by atoms with van der Waals surface area (Å²) in [6.07, 6.45) is -0.322. The van der Waals surface area contributed by atoms with E-state index in [4.69, 9.17) is 0 Å². The molecule has 1 aromatic rings. The van der Waals surface area contributed by atoms with Crippen LogP contribution in [-0.2, 0) is 0 Å². The zero-order valence-corrected chi connectivity index (χ0v) is 10.6. The summed E-state index contributed by atoms with van der Waals surface area (Å²) >= 11 is 3.05. The lowest BCUT2D eigenvalue weighted by Crippen LogP contribution is -2.30. The van der Waals surface area contributed by atoms with Crippen LogP contribution in [0.15, 0.2) is 9.85 Å². The molecule has 0 aliphatic heterocycles. The van der Waals surface area contributed by atoms with Gasteiger partial charge in [0.25, 0.3) is 0 Å². The Morgan fingerprint density at radius 3 is 2.93 bits per heavy atom. The van der Waals surface area contributed by atoms with Gasteiger partial charge in [-0.15, -0.1) is 10.2 Å². The standard InChI is InChI=1S/C9H17N3OS2/c1-7(2)3-10-4-8(13)5-14-9-12-11-6-15-9/h6-8,10,13H,3-5H2,1-2H3. The second kappa shape index (κ2) is 7.16. The van der Waals surface area contributed by atoms with Crippen LogP contribution in [0.5, 0.6) is 0 Å². The van der Waals surface area contributed by atoms with Crippen molar-refractivity contribution >= 4 is 23.1 Å². The van der Waals surface area contributed by atoms with Crippen molar-refractivity contribution in [2.75, 3.05) is 18.8 Å². The molecule has 0 spiro atoms. The number of aromatic nitrogens is 2. The third-order valence-electron chi connectivity index (χ3n) is 1.67. The average molecular weight is 247 g/mol. The van der Waals surface area contributed by atoms with Crippen LogP contribution in [0.3, 0.4) is 0 Å². The SMILES string of the molecule is CC(C)CNCC(O)CSc1nncs1. The van der Waals surface area contributed by atoms with Gasteiger partial charge in [0.1, 0.15) is 5.51 Å². The molecule has 1 rings (SSSR count). The molecule has 1 unspecified atom stereocenters. The van der Waals surface area contributed by atoms with Crippen molar-refractivity contribution in [3.63, 3.8) is 0 Å². The third-order valence-corrected chi connectivity index (χ3v) is 3.68. The van der Waals surface area contributed by atoms with Gasteiger partial charge in [-0.3, -0.25) is 0 Å². The molecule has 4 nitrogen and oxygen atoms in total. The van der Waals surface area contributed by atoms with E-state index >= 15 is 0 Å². The van der Waals surface area contributed by atoms with Crippen LogP contribution in [0.4, 0.5) is 0 Å². The van der Waals surface area contributed by atoms with Crippen molar-refractivity contribution in [3.05, 3.63) is 5.51 Å². The first-order valence-corrected chi connectivity index (χ1v) is 6.82. The number of aliphatic hydroxyl groups is 1. The van der Waals surface area contributed by atoms with Crippen LogP contribution >= 0.6 is 23.1 Å². The Labute approximate surface area is 98.5 Å². The van der Waals surface area contributed by atoms with Gasteiger partial charge in [0, 0.05) is 12.3 Å². The highest BCUT2D eigenvalue weighted by molar-refractivity contribution is 8.01. The van der Waals surface area contributed by atoms with Gasteiger partial charge in [-0.2, -0.15) is 0 Å². The Bertz CT molecular complexity index is 254. The van der Waals surface area contributed by atoms with Crippen LogP contribution in [-0.4, -0.2) is 40.3 Å². The lowest BCUT2D eigenvalue weighted by molar-refractivity contribution is 0.194. The van der Waals surface area contributed by atoms with Crippen molar-refractivity contribution in [1.82, 2.24) is 15.5 Å². The van der Waals surface area contributed by atoms with Gasteiger partial charge in [-0.05, 0) is 12.5 Å². The minimum absolute atomic E-state index is 0.322.